The number of aromatic amines is 1. The third-order valence-corrected chi connectivity index (χ3v) is 6.31. The molecule has 0 spiro atoms. The Morgan fingerprint density at radius 2 is 1.82 bits per heavy atom. The average Bonchev–Trinajstić information content (AvgIpc) is 3.18. The van der Waals surface area contributed by atoms with Crippen LogP contribution < -0.4 is 5.56 Å². The van der Waals surface area contributed by atoms with Crippen LogP contribution in [-0.2, 0) is 5.75 Å². The highest BCUT2D eigenvalue weighted by molar-refractivity contribution is 7.98. The molecule has 5 nitrogen and oxygen atoms in total. The number of hydrogen-bond acceptors (Lipinski definition) is 6. The Morgan fingerprint density at radius 3 is 2.71 bits per heavy atom. The molecule has 0 aliphatic carbocycles. The minimum absolute atomic E-state index is 0.116. The van der Waals surface area contributed by atoms with E-state index in [-0.39, 0.29) is 5.56 Å². The van der Waals surface area contributed by atoms with Crippen molar-refractivity contribution < 1.29 is 0 Å². The van der Waals surface area contributed by atoms with Gasteiger partial charge in [0.2, 0.25) is 0 Å². The lowest BCUT2D eigenvalue weighted by molar-refractivity contribution is 1.03. The molecule has 0 bridgehead atoms. The zero-order chi connectivity index (χ0) is 18.9. The lowest BCUT2D eigenvalue weighted by Crippen LogP contribution is -2.11. The third-order valence-electron chi connectivity index (χ3n) is 4.43. The molecular formula is C21H14N4OS2. The van der Waals surface area contributed by atoms with Crippen molar-refractivity contribution in [1.82, 2.24) is 19.9 Å². The molecule has 0 saturated carbocycles. The fourth-order valence-corrected chi connectivity index (χ4v) is 4.99. The Morgan fingerprint density at radius 1 is 1.00 bits per heavy atom. The summed E-state index contributed by atoms with van der Waals surface area (Å²) in [5.41, 5.74) is 2.86. The van der Waals surface area contributed by atoms with Gasteiger partial charge in [0.05, 0.1) is 22.0 Å². The SMILES string of the molecule is O=c1[nH]c(CSc2ncnc3scc(-c4ccccc4)c23)nc2ccccc12. The molecule has 1 N–H and O–H groups in total. The molecule has 7 heteroatoms. The first-order valence-corrected chi connectivity index (χ1v) is 10.5. The molecule has 0 unspecified atom stereocenters. The summed E-state index contributed by atoms with van der Waals surface area (Å²) in [4.78, 5) is 29.6. The summed E-state index contributed by atoms with van der Waals surface area (Å²) in [5, 5.41) is 4.66. The van der Waals surface area contributed by atoms with E-state index < -0.39 is 0 Å². The van der Waals surface area contributed by atoms with Crippen LogP contribution in [-0.4, -0.2) is 19.9 Å². The van der Waals surface area contributed by atoms with Crippen LogP contribution in [0.5, 0.6) is 0 Å². The predicted molar refractivity (Wildman–Crippen MR) is 115 cm³/mol. The number of nitrogens with one attached hydrogen (secondary N) is 1. The van der Waals surface area contributed by atoms with E-state index in [0.29, 0.717) is 22.5 Å². The first kappa shape index (κ1) is 17.1. The van der Waals surface area contributed by atoms with Crippen molar-refractivity contribution >= 4 is 44.2 Å². The number of hydrogen-bond donors (Lipinski definition) is 1. The van der Waals surface area contributed by atoms with Crippen molar-refractivity contribution in [1.29, 1.82) is 0 Å². The van der Waals surface area contributed by atoms with Gasteiger partial charge in [-0.25, -0.2) is 15.0 Å². The van der Waals surface area contributed by atoms with E-state index in [1.165, 1.54) is 0 Å². The van der Waals surface area contributed by atoms with Crippen molar-refractivity contribution in [3.63, 3.8) is 0 Å². The van der Waals surface area contributed by atoms with Crippen LogP contribution in [0.3, 0.4) is 0 Å². The number of thiophene rings is 1. The molecule has 0 fully saturated rings. The third kappa shape index (κ3) is 3.08. The van der Waals surface area contributed by atoms with Crippen LogP contribution in [0.15, 0.2) is 76.1 Å². The molecule has 0 radical (unpaired) electrons. The molecule has 0 atom stereocenters. The second kappa shape index (κ2) is 7.18. The van der Waals surface area contributed by atoms with E-state index in [9.17, 15) is 4.79 Å². The molecule has 3 aromatic heterocycles. The normalized spacial score (nSPS) is 11.3. The maximum absolute atomic E-state index is 12.3. The average molecular weight is 403 g/mol. The molecule has 3 heterocycles. The Bertz CT molecular complexity index is 1350. The zero-order valence-corrected chi connectivity index (χ0v) is 16.3. The minimum Gasteiger partial charge on any atom is -0.309 e. The number of benzene rings is 2. The number of aromatic nitrogens is 4. The molecule has 0 aliphatic rings. The predicted octanol–water partition coefficient (Wildman–Crippen LogP) is 4.89. The van der Waals surface area contributed by atoms with Crippen molar-refractivity contribution in [2.45, 2.75) is 10.8 Å². The van der Waals surface area contributed by atoms with Gasteiger partial charge in [0, 0.05) is 10.9 Å². The van der Waals surface area contributed by atoms with E-state index in [4.69, 9.17) is 0 Å². The number of fused-ring (bicyclic) bond motifs is 2. The van der Waals surface area contributed by atoms with E-state index in [0.717, 1.165) is 26.4 Å². The second-order valence-electron chi connectivity index (χ2n) is 6.19. The quantitative estimate of drug-likeness (QED) is 0.342. The Kier molecular flexibility index (Phi) is 4.38. The van der Waals surface area contributed by atoms with Crippen LogP contribution in [0.4, 0.5) is 0 Å². The van der Waals surface area contributed by atoms with Gasteiger partial charge in [0.25, 0.3) is 5.56 Å². The smallest absolute Gasteiger partial charge is 0.258 e. The highest BCUT2D eigenvalue weighted by Gasteiger charge is 2.14. The molecule has 136 valence electrons. The van der Waals surface area contributed by atoms with E-state index in [1.807, 2.05) is 36.4 Å². The zero-order valence-electron chi connectivity index (χ0n) is 14.6. The number of thioether (sulfide) groups is 1. The summed E-state index contributed by atoms with van der Waals surface area (Å²) in [6.45, 7) is 0. The van der Waals surface area contributed by atoms with Gasteiger partial charge >= 0.3 is 0 Å². The number of rotatable bonds is 4. The van der Waals surface area contributed by atoms with Gasteiger partial charge in [-0.3, -0.25) is 4.79 Å². The largest absolute Gasteiger partial charge is 0.309 e. The Hall–Kier alpha value is -3.03. The van der Waals surface area contributed by atoms with Crippen LogP contribution >= 0.6 is 23.1 Å². The molecule has 0 saturated heterocycles. The summed E-state index contributed by atoms with van der Waals surface area (Å²) in [6, 6.07) is 17.6. The van der Waals surface area contributed by atoms with E-state index in [2.05, 4.69) is 37.4 Å². The summed E-state index contributed by atoms with van der Waals surface area (Å²) in [6.07, 6.45) is 1.59. The van der Waals surface area contributed by atoms with Gasteiger partial charge in [-0.15, -0.1) is 11.3 Å². The van der Waals surface area contributed by atoms with Gasteiger partial charge in [-0.05, 0) is 17.7 Å². The van der Waals surface area contributed by atoms with Gasteiger partial charge in [-0.1, -0.05) is 54.2 Å². The van der Waals surface area contributed by atoms with Crippen LogP contribution in [0.2, 0.25) is 0 Å². The van der Waals surface area contributed by atoms with Gasteiger partial charge in [0.1, 0.15) is 22.0 Å². The fraction of sp³-hybridized carbons (Fsp3) is 0.0476. The maximum Gasteiger partial charge on any atom is 0.258 e. The summed E-state index contributed by atoms with van der Waals surface area (Å²) in [7, 11) is 0. The lowest BCUT2D eigenvalue weighted by atomic mass is 10.1. The standard InChI is InChI=1S/C21H14N4OS2/c26-19-14-8-4-5-9-16(14)24-17(25-19)11-28-21-18-15(13-6-2-1-3-7-13)10-27-20(18)22-12-23-21/h1-10,12H,11H2,(H,24,25,26). The van der Waals surface area contributed by atoms with E-state index in [1.54, 1.807) is 35.5 Å². The highest BCUT2D eigenvalue weighted by Crippen LogP contribution is 2.38. The summed E-state index contributed by atoms with van der Waals surface area (Å²) < 4.78 is 0. The van der Waals surface area contributed by atoms with Crippen molar-refractivity contribution in [3.8, 4) is 11.1 Å². The van der Waals surface area contributed by atoms with E-state index >= 15 is 0 Å². The monoisotopic (exact) mass is 402 g/mol. The van der Waals surface area contributed by atoms with Crippen LogP contribution in [0, 0.1) is 0 Å². The number of H-pyrrole nitrogens is 1. The fourth-order valence-electron chi connectivity index (χ4n) is 3.13. The van der Waals surface area contributed by atoms with Crippen molar-refractivity contribution in [2.24, 2.45) is 0 Å². The van der Waals surface area contributed by atoms with Crippen LogP contribution in [0.1, 0.15) is 5.82 Å². The molecule has 0 aliphatic heterocycles. The first-order chi connectivity index (χ1) is 13.8. The number of nitrogens with zero attached hydrogens (tertiary/aromatic N) is 3. The molecule has 5 rings (SSSR count). The highest BCUT2D eigenvalue weighted by atomic mass is 32.2. The van der Waals surface area contributed by atoms with Gasteiger partial charge in [-0.2, -0.15) is 0 Å². The minimum atomic E-state index is -0.116. The molecule has 5 aromatic rings. The Balaban J connectivity index is 1.52. The lowest BCUT2D eigenvalue weighted by Gasteiger charge is -2.06. The topological polar surface area (TPSA) is 71.5 Å². The summed E-state index contributed by atoms with van der Waals surface area (Å²) in [5.74, 6) is 1.16. The first-order valence-electron chi connectivity index (χ1n) is 8.68. The summed E-state index contributed by atoms with van der Waals surface area (Å²) >= 11 is 3.17. The number of para-hydroxylation sites is 1. The molecular weight excluding hydrogens is 388 g/mol. The van der Waals surface area contributed by atoms with Gasteiger partial charge in [0.15, 0.2) is 0 Å². The van der Waals surface area contributed by atoms with Gasteiger partial charge < -0.3 is 4.98 Å². The Labute approximate surface area is 168 Å². The van der Waals surface area contributed by atoms with Crippen LogP contribution in [0.25, 0.3) is 32.2 Å². The molecule has 2 aromatic carbocycles. The molecule has 28 heavy (non-hydrogen) atoms. The maximum atomic E-state index is 12.3. The van der Waals surface area contributed by atoms with Crippen molar-refractivity contribution in [2.75, 3.05) is 0 Å². The molecule has 0 amide bonds. The second-order valence-corrected chi connectivity index (χ2v) is 8.01. The van der Waals surface area contributed by atoms with Crippen molar-refractivity contribution in [3.05, 3.63) is 82.5 Å².